The van der Waals surface area contributed by atoms with Crippen LogP contribution in [-0.4, -0.2) is 38.9 Å². The smallest absolute Gasteiger partial charge is 0.316 e. The van der Waals surface area contributed by atoms with Crippen LogP contribution in [0.1, 0.15) is 6.92 Å². The first-order valence-electron chi connectivity index (χ1n) is 9.25. The van der Waals surface area contributed by atoms with Crippen LogP contribution in [0.25, 0.3) is 17.1 Å². The molecule has 31 heavy (non-hydrogen) atoms. The molecule has 0 radical (unpaired) electrons. The van der Waals surface area contributed by atoms with E-state index in [0.717, 1.165) is 23.0 Å². The van der Waals surface area contributed by atoms with Gasteiger partial charge in [0.15, 0.2) is 17.6 Å². The van der Waals surface area contributed by atoms with Crippen molar-refractivity contribution in [2.45, 2.75) is 12.1 Å². The second-order valence-corrected chi connectivity index (χ2v) is 7.33. The molecule has 0 unspecified atom stereocenters. The lowest BCUT2D eigenvalue weighted by Gasteiger charge is -2.10. The normalized spacial score (nSPS) is 11.4. The van der Waals surface area contributed by atoms with Gasteiger partial charge in [0, 0.05) is 16.9 Å². The number of aromatic nitrogens is 3. The second kappa shape index (κ2) is 10.2. The number of allylic oxidation sites excluding steroid dienone is 1. The Morgan fingerprint density at radius 3 is 2.35 bits per heavy atom. The van der Waals surface area contributed by atoms with Crippen molar-refractivity contribution >= 4 is 23.5 Å². The molecule has 2 N–H and O–H groups in total. The first kappa shape index (κ1) is 21.8. The molecule has 9 heteroatoms. The number of ether oxygens (including phenoxy) is 1. The number of carbonyl (C=O) groups excluding carboxylic acids is 2. The van der Waals surface area contributed by atoms with Gasteiger partial charge in [0.2, 0.25) is 5.78 Å². The quantitative estimate of drug-likeness (QED) is 0.249. The summed E-state index contributed by atoms with van der Waals surface area (Å²) in [6.07, 6.45) is 0. The number of ketones is 1. The monoisotopic (exact) mass is 433 g/mol. The van der Waals surface area contributed by atoms with Crippen molar-refractivity contribution in [1.29, 1.82) is 5.26 Å². The van der Waals surface area contributed by atoms with Crippen LogP contribution in [0.2, 0.25) is 0 Å². The van der Waals surface area contributed by atoms with Gasteiger partial charge in [-0.25, -0.2) is 0 Å². The van der Waals surface area contributed by atoms with Gasteiger partial charge in [0.05, 0.1) is 5.75 Å². The number of benzene rings is 2. The van der Waals surface area contributed by atoms with Crippen molar-refractivity contribution in [3.8, 4) is 23.1 Å². The van der Waals surface area contributed by atoms with Crippen LogP contribution in [0.3, 0.4) is 0 Å². The number of nitrogens with zero attached hydrogens (tertiary/aromatic N) is 4. The Morgan fingerprint density at radius 1 is 1.10 bits per heavy atom. The topological polar surface area (TPSA) is 124 Å². The fourth-order valence-electron chi connectivity index (χ4n) is 2.70. The third-order valence-corrected chi connectivity index (χ3v) is 5.05. The van der Waals surface area contributed by atoms with Gasteiger partial charge in [-0.2, -0.15) is 5.26 Å². The molecule has 2 aromatic carbocycles. The SMILES string of the molecule is C/C(N)=C(\C#N)C(=O)COC(=O)CSc1nnc(-c2ccccc2)n1-c1ccccc1. The number of para-hydroxylation sites is 1. The fraction of sp³-hybridized carbons (Fsp3) is 0.136. The maximum Gasteiger partial charge on any atom is 0.316 e. The Bertz CT molecular complexity index is 1150. The van der Waals surface area contributed by atoms with Crippen molar-refractivity contribution in [3.05, 3.63) is 71.9 Å². The summed E-state index contributed by atoms with van der Waals surface area (Å²) in [5, 5.41) is 18.0. The van der Waals surface area contributed by atoms with Gasteiger partial charge >= 0.3 is 5.97 Å². The molecular weight excluding hydrogens is 414 g/mol. The molecule has 156 valence electrons. The Labute approximate surface area is 183 Å². The van der Waals surface area contributed by atoms with Crippen LogP contribution in [0, 0.1) is 11.3 Å². The molecule has 0 amide bonds. The van der Waals surface area contributed by atoms with E-state index < -0.39 is 18.4 Å². The van der Waals surface area contributed by atoms with Crippen LogP contribution < -0.4 is 5.73 Å². The standard InChI is InChI=1S/C22H19N5O3S/c1-15(24)18(12-23)19(28)13-30-20(29)14-31-22-26-25-21(16-8-4-2-5-9-16)27(22)17-10-6-3-7-11-17/h2-11H,13-14,24H2,1H3/b18-15-. The summed E-state index contributed by atoms with van der Waals surface area (Å²) in [7, 11) is 0. The molecule has 0 spiro atoms. The number of esters is 1. The van der Waals surface area contributed by atoms with Crippen LogP contribution in [0.4, 0.5) is 0 Å². The third kappa shape index (κ3) is 5.38. The maximum atomic E-state index is 12.1. The van der Waals surface area contributed by atoms with E-state index in [9.17, 15) is 9.59 Å². The van der Waals surface area contributed by atoms with E-state index in [2.05, 4.69) is 10.2 Å². The molecule has 1 heterocycles. The number of nitriles is 1. The molecule has 0 saturated carbocycles. The van der Waals surface area contributed by atoms with E-state index in [1.807, 2.05) is 65.2 Å². The number of rotatable bonds is 8. The fourth-order valence-corrected chi connectivity index (χ4v) is 3.45. The minimum absolute atomic E-state index is 0.0831. The average Bonchev–Trinajstić information content (AvgIpc) is 3.21. The zero-order valence-corrected chi connectivity index (χ0v) is 17.5. The molecule has 3 rings (SSSR count). The highest BCUT2D eigenvalue weighted by atomic mass is 32.2. The molecule has 0 atom stereocenters. The third-order valence-electron chi connectivity index (χ3n) is 4.15. The molecule has 1 aromatic heterocycles. The molecule has 0 aliphatic rings. The lowest BCUT2D eigenvalue weighted by Crippen LogP contribution is -2.18. The van der Waals surface area contributed by atoms with Crippen LogP contribution in [0.5, 0.6) is 0 Å². The Balaban J connectivity index is 1.74. The molecular formula is C22H19N5O3S. The number of hydrogen-bond acceptors (Lipinski definition) is 8. The molecule has 0 saturated heterocycles. The van der Waals surface area contributed by atoms with Crippen molar-refractivity contribution in [1.82, 2.24) is 14.8 Å². The summed E-state index contributed by atoms with van der Waals surface area (Å²) < 4.78 is 6.84. The van der Waals surface area contributed by atoms with Crippen molar-refractivity contribution in [2.24, 2.45) is 5.73 Å². The minimum atomic E-state index is -0.639. The van der Waals surface area contributed by atoms with Crippen molar-refractivity contribution < 1.29 is 14.3 Å². The summed E-state index contributed by atoms with van der Waals surface area (Å²) in [5.74, 6) is -0.700. The van der Waals surface area contributed by atoms with E-state index in [-0.39, 0.29) is 17.0 Å². The van der Waals surface area contributed by atoms with Crippen molar-refractivity contribution in [2.75, 3.05) is 12.4 Å². The molecule has 8 nitrogen and oxygen atoms in total. The maximum absolute atomic E-state index is 12.1. The van der Waals surface area contributed by atoms with Crippen LogP contribution in [-0.2, 0) is 14.3 Å². The average molecular weight is 433 g/mol. The second-order valence-electron chi connectivity index (χ2n) is 6.39. The van der Waals surface area contributed by atoms with E-state index >= 15 is 0 Å². The number of nitrogens with two attached hydrogens (primary N) is 1. The summed E-state index contributed by atoms with van der Waals surface area (Å²) >= 11 is 1.14. The first-order valence-corrected chi connectivity index (χ1v) is 10.2. The number of Topliss-reactive ketones (excluding diaryl/α,β-unsaturated/α-hetero) is 1. The molecule has 0 fully saturated rings. The predicted octanol–water partition coefficient (Wildman–Crippen LogP) is 2.89. The summed E-state index contributed by atoms with van der Waals surface area (Å²) in [6.45, 7) is 0.895. The number of thioether (sulfide) groups is 1. The minimum Gasteiger partial charge on any atom is -0.457 e. The molecule has 0 aliphatic carbocycles. The predicted molar refractivity (Wildman–Crippen MR) is 116 cm³/mol. The van der Waals surface area contributed by atoms with E-state index in [4.69, 9.17) is 15.7 Å². The van der Waals surface area contributed by atoms with Gasteiger partial charge in [-0.15, -0.1) is 10.2 Å². The summed E-state index contributed by atoms with van der Waals surface area (Å²) in [5.41, 5.74) is 7.09. The van der Waals surface area contributed by atoms with E-state index in [1.54, 1.807) is 6.07 Å². The van der Waals surface area contributed by atoms with Gasteiger partial charge in [0.1, 0.15) is 11.6 Å². The van der Waals surface area contributed by atoms with Gasteiger partial charge in [-0.3, -0.25) is 14.2 Å². The number of hydrogen-bond donors (Lipinski definition) is 1. The zero-order valence-electron chi connectivity index (χ0n) is 16.7. The van der Waals surface area contributed by atoms with Crippen molar-refractivity contribution in [3.63, 3.8) is 0 Å². The molecule has 0 bridgehead atoms. The first-order chi connectivity index (χ1) is 15.0. The lowest BCUT2D eigenvalue weighted by molar-refractivity contribution is -0.144. The molecule has 0 aliphatic heterocycles. The largest absolute Gasteiger partial charge is 0.457 e. The highest BCUT2D eigenvalue weighted by Crippen LogP contribution is 2.27. The van der Waals surface area contributed by atoms with E-state index in [1.165, 1.54) is 6.92 Å². The Morgan fingerprint density at radius 2 is 1.74 bits per heavy atom. The van der Waals surface area contributed by atoms with E-state index in [0.29, 0.717) is 11.0 Å². The highest BCUT2D eigenvalue weighted by Gasteiger charge is 2.19. The summed E-state index contributed by atoms with van der Waals surface area (Å²) in [4.78, 5) is 24.1. The van der Waals surface area contributed by atoms with Crippen LogP contribution >= 0.6 is 11.8 Å². The molecule has 3 aromatic rings. The number of carbonyl (C=O) groups is 2. The Hall–Kier alpha value is -3.90. The van der Waals surface area contributed by atoms with Crippen LogP contribution in [0.15, 0.2) is 77.1 Å². The van der Waals surface area contributed by atoms with Gasteiger partial charge in [-0.05, 0) is 19.1 Å². The van der Waals surface area contributed by atoms with Gasteiger partial charge in [0.25, 0.3) is 0 Å². The van der Waals surface area contributed by atoms with Gasteiger partial charge in [-0.1, -0.05) is 60.3 Å². The lowest BCUT2D eigenvalue weighted by atomic mass is 10.1. The van der Waals surface area contributed by atoms with Gasteiger partial charge < -0.3 is 10.5 Å². The zero-order chi connectivity index (χ0) is 22.2. The summed E-state index contributed by atoms with van der Waals surface area (Å²) in [6, 6.07) is 20.9. The Kier molecular flexibility index (Phi) is 7.19. The highest BCUT2D eigenvalue weighted by molar-refractivity contribution is 7.99.